The lowest BCUT2D eigenvalue weighted by Crippen LogP contribution is -2.48. The van der Waals surface area contributed by atoms with Gasteiger partial charge in [0.2, 0.25) is 0 Å². The van der Waals surface area contributed by atoms with E-state index in [0.29, 0.717) is 42.8 Å². The number of carbonyl (C=O) groups is 1. The molecule has 2 fully saturated rings. The average molecular weight is 478 g/mol. The Morgan fingerprint density at radius 2 is 1.77 bits per heavy atom. The van der Waals surface area contributed by atoms with Crippen molar-refractivity contribution in [3.8, 4) is 6.07 Å². The van der Waals surface area contributed by atoms with Gasteiger partial charge in [-0.2, -0.15) is 18.4 Å². The van der Waals surface area contributed by atoms with Crippen molar-refractivity contribution < 1.29 is 18.0 Å². The van der Waals surface area contributed by atoms with Crippen LogP contribution in [0.5, 0.6) is 0 Å². The van der Waals surface area contributed by atoms with Crippen LogP contribution in [0.2, 0.25) is 0 Å². The van der Waals surface area contributed by atoms with Gasteiger partial charge in [0, 0.05) is 36.2 Å². The quantitative estimate of drug-likeness (QED) is 0.511. The number of nitriles is 1. The van der Waals surface area contributed by atoms with Crippen LogP contribution in [0.4, 0.5) is 13.2 Å². The fraction of sp³-hybridized carbons (Fsp3) is 0.393. The van der Waals surface area contributed by atoms with Gasteiger partial charge >= 0.3 is 6.18 Å². The second kappa shape index (κ2) is 8.99. The lowest BCUT2D eigenvalue weighted by atomic mass is 9.89. The van der Waals surface area contributed by atoms with Gasteiger partial charge in [-0.15, -0.1) is 0 Å². The van der Waals surface area contributed by atoms with Crippen LogP contribution in [-0.2, 0) is 0 Å². The van der Waals surface area contributed by atoms with Crippen LogP contribution >= 0.6 is 0 Å². The van der Waals surface area contributed by atoms with Gasteiger partial charge in [-0.25, -0.2) is 0 Å². The summed E-state index contributed by atoms with van der Waals surface area (Å²) in [5, 5.41) is 8.97. The summed E-state index contributed by atoms with van der Waals surface area (Å²) in [7, 11) is 0. The van der Waals surface area contributed by atoms with E-state index in [1.807, 2.05) is 31.2 Å². The zero-order valence-electron chi connectivity index (χ0n) is 19.5. The SMILES string of the molecule is Cc1ccc(C(=O)N2CC(c3ccc(C#N)cc3)C2)cc1C1=C(C2CC2)N=C(C(F)(F)F)CCC1. The fourth-order valence-corrected chi connectivity index (χ4v) is 4.95. The first-order chi connectivity index (χ1) is 16.7. The normalized spacial score (nSPS) is 19.1. The summed E-state index contributed by atoms with van der Waals surface area (Å²) in [4.78, 5) is 19.2. The molecule has 3 aliphatic rings. The van der Waals surface area contributed by atoms with E-state index < -0.39 is 11.9 Å². The molecule has 5 rings (SSSR count). The molecule has 0 bridgehead atoms. The minimum atomic E-state index is -4.41. The molecule has 7 heteroatoms. The minimum absolute atomic E-state index is 0.0715. The van der Waals surface area contributed by atoms with Crippen molar-refractivity contribution in [1.82, 2.24) is 4.90 Å². The van der Waals surface area contributed by atoms with E-state index in [9.17, 15) is 18.0 Å². The second-order valence-electron chi connectivity index (χ2n) is 9.72. The predicted octanol–water partition coefficient (Wildman–Crippen LogP) is 6.41. The Balaban J connectivity index is 1.39. The Hall–Kier alpha value is -3.40. The number of aliphatic imine (C=N–C) groups is 1. The van der Waals surface area contributed by atoms with Gasteiger partial charge in [0.1, 0.15) is 5.71 Å². The predicted molar refractivity (Wildman–Crippen MR) is 128 cm³/mol. The summed E-state index contributed by atoms with van der Waals surface area (Å²) in [5.74, 6) is 0.235. The smallest absolute Gasteiger partial charge is 0.337 e. The molecule has 2 aromatic rings. The van der Waals surface area contributed by atoms with Crippen LogP contribution in [-0.4, -0.2) is 35.8 Å². The number of carbonyl (C=O) groups excluding carboxylic acids is 1. The lowest BCUT2D eigenvalue weighted by Gasteiger charge is -2.39. The third-order valence-electron chi connectivity index (χ3n) is 7.19. The molecule has 2 heterocycles. The van der Waals surface area contributed by atoms with E-state index in [-0.39, 0.29) is 24.2 Å². The molecule has 0 aromatic heterocycles. The third kappa shape index (κ3) is 4.75. The van der Waals surface area contributed by atoms with E-state index in [2.05, 4.69) is 11.1 Å². The Kier molecular flexibility index (Phi) is 6.00. The number of likely N-dealkylation sites (tertiary alicyclic amines) is 1. The molecule has 0 spiro atoms. The highest BCUT2D eigenvalue weighted by molar-refractivity contribution is 5.97. The molecule has 2 aliphatic heterocycles. The van der Waals surface area contributed by atoms with Crippen LogP contribution in [0.25, 0.3) is 5.57 Å². The maximum atomic E-state index is 13.5. The van der Waals surface area contributed by atoms with Gasteiger partial charge in [0.25, 0.3) is 5.91 Å². The molecular formula is C28H26F3N3O. The first-order valence-electron chi connectivity index (χ1n) is 12.0. The number of aryl methyl sites for hydroxylation is 1. The van der Waals surface area contributed by atoms with Crippen molar-refractivity contribution in [3.63, 3.8) is 0 Å². The van der Waals surface area contributed by atoms with Gasteiger partial charge in [0.05, 0.1) is 11.6 Å². The monoisotopic (exact) mass is 477 g/mol. The summed E-state index contributed by atoms with van der Waals surface area (Å²) in [5.41, 5.74) is 4.79. The van der Waals surface area contributed by atoms with Crippen molar-refractivity contribution in [2.75, 3.05) is 13.1 Å². The van der Waals surface area contributed by atoms with Crippen LogP contribution < -0.4 is 0 Å². The standard InChI is InChI=1S/C28H26F3N3O/c1-17-5-8-21(27(35)34-15-22(16-34)19-9-6-18(14-32)7-10-19)13-24(17)23-3-2-4-25(28(29,30)31)33-26(23)20-11-12-20/h5-10,13,20,22H,2-4,11-12,15-16H2,1H3. The molecule has 1 aliphatic carbocycles. The highest BCUT2D eigenvalue weighted by Gasteiger charge is 2.39. The van der Waals surface area contributed by atoms with Crippen LogP contribution in [0.1, 0.15) is 70.6 Å². The zero-order valence-corrected chi connectivity index (χ0v) is 19.5. The van der Waals surface area contributed by atoms with Gasteiger partial charge in [-0.05, 0) is 85.6 Å². The third-order valence-corrected chi connectivity index (χ3v) is 7.19. The van der Waals surface area contributed by atoms with E-state index >= 15 is 0 Å². The van der Waals surface area contributed by atoms with Crippen LogP contribution in [0, 0.1) is 24.2 Å². The maximum absolute atomic E-state index is 13.5. The van der Waals surface area contributed by atoms with Crippen molar-refractivity contribution >= 4 is 17.2 Å². The number of benzene rings is 2. The van der Waals surface area contributed by atoms with Crippen molar-refractivity contribution in [3.05, 3.63) is 76.0 Å². The highest BCUT2D eigenvalue weighted by Crippen LogP contribution is 2.45. The topological polar surface area (TPSA) is 56.5 Å². The Morgan fingerprint density at radius 1 is 1.06 bits per heavy atom. The molecule has 0 N–H and O–H groups in total. The number of allylic oxidation sites excluding steroid dienone is 2. The average Bonchev–Trinajstić information content (AvgIpc) is 3.64. The zero-order chi connectivity index (χ0) is 24.7. The molecule has 35 heavy (non-hydrogen) atoms. The molecule has 1 saturated heterocycles. The number of nitrogens with zero attached hydrogens (tertiary/aromatic N) is 3. The Labute approximate surface area is 202 Å². The number of amides is 1. The Bertz CT molecular complexity index is 1260. The van der Waals surface area contributed by atoms with Gasteiger partial charge in [-0.1, -0.05) is 18.2 Å². The summed E-state index contributed by atoms with van der Waals surface area (Å²) in [6.45, 7) is 3.14. The molecule has 1 amide bonds. The van der Waals surface area contributed by atoms with Crippen molar-refractivity contribution in [2.24, 2.45) is 10.9 Å². The molecule has 0 atom stereocenters. The number of hydrogen-bond acceptors (Lipinski definition) is 3. The Morgan fingerprint density at radius 3 is 2.40 bits per heavy atom. The molecule has 1 saturated carbocycles. The molecule has 4 nitrogen and oxygen atoms in total. The van der Waals surface area contributed by atoms with E-state index in [1.165, 1.54) is 0 Å². The number of rotatable bonds is 4. The molecule has 0 radical (unpaired) electrons. The number of hydrogen-bond donors (Lipinski definition) is 0. The highest BCUT2D eigenvalue weighted by atomic mass is 19.4. The number of alkyl halides is 3. The molecule has 0 unspecified atom stereocenters. The van der Waals surface area contributed by atoms with Gasteiger partial charge in [0.15, 0.2) is 0 Å². The number of halogens is 3. The first kappa shape index (κ1) is 23.3. The largest absolute Gasteiger partial charge is 0.429 e. The van der Waals surface area contributed by atoms with Crippen LogP contribution in [0.3, 0.4) is 0 Å². The van der Waals surface area contributed by atoms with E-state index in [0.717, 1.165) is 35.1 Å². The maximum Gasteiger partial charge on any atom is 0.429 e. The van der Waals surface area contributed by atoms with E-state index in [1.54, 1.807) is 23.1 Å². The van der Waals surface area contributed by atoms with Gasteiger partial charge < -0.3 is 4.90 Å². The molecular weight excluding hydrogens is 451 g/mol. The molecule has 2 aromatic carbocycles. The van der Waals surface area contributed by atoms with Gasteiger partial charge in [-0.3, -0.25) is 9.79 Å². The second-order valence-corrected chi connectivity index (χ2v) is 9.72. The molecule has 180 valence electrons. The summed E-state index contributed by atoms with van der Waals surface area (Å²) >= 11 is 0. The van der Waals surface area contributed by atoms with Crippen LogP contribution in [0.15, 0.2) is 53.2 Å². The fourth-order valence-electron chi connectivity index (χ4n) is 4.95. The van der Waals surface area contributed by atoms with Crippen molar-refractivity contribution in [2.45, 2.75) is 51.1 Å². The minimum Gasteiger partial charge on any atom is -0.337 e. The lowest BCUT2D eigenvalue weighted by molar-refractivity contribution is -0.0605. The first-order valence-corrected chi connectivity index (χ1v) is 12.0. The summed E-state index contributed by atoms with van der Waals surface area (Å²) in [6, 6.07) is 15.1. The van der Waals surface area contributed by atoms with E-state index in [4.69, 9.17) is 5.26 Å². The van der Waals surface area contributed by atoms with Crippen molar-refractivity contribution in [1.29, 1.82) is 5.26 Å². The summed E-state index contributed by atoms with van der Waals surface area (Å²) < 4.78 is 40.4. The summed E-state index contributed by atoms with van der Waals surface area (Å²) in [6.07, 6.45) is -1.86.